The van der Waals surface area contributed by atoms with E-state index in [0.29, 0.717) is 13.0 Å². The summed E-state index contributed by atoms with van der Waals surface area (Å²) in [6, 6.07) is 13.0. The van der Waals surface area contributed by atoms with E-state index in [-0.39, 0.29) is 0 Å². The molecule has 0 saturated heterocycles. The predicted octanol–water partition coefficient (Wildman–Crippen LogP) is 4.70. The van der Waals surface area contributed by atoms with Gasteiger partial charge in [0.25, 0.3) is 0 Å². The standard InChI is InChI=1S/C17H20F3N/c1-2-10-21-15(12-17(18,19)20)11-14-8-5-7-13-6-3-4-9-16(13)14/h3-9,15,21H,2,10-12H2,1H3. The van der Waals surface area contributed by atoms with E-state index in [1.54, 1.807) is 0 Å². The van der Waals surface area contributed by atoms with Gasteiger partial charge >= 0.3 is 6.18 Å². The molecule has 1 unspecified atom stereocenters. The van der Waals surface area contributed by atoms with Crippen LogP contribution in [0, 0.1) is 0 Å². The topological polar surface area (TPSA) is 12.0 Å². The minimum absolute atomic E-state index is 0.390. The van der Waals surface area contributed by atoms with Crippen LogP contribution >= 0.6 is 0 Å². The fourth-order valence-corrected chi connectivity index (χ4v) is 2.58. The molecule has 0 aliphatic rings. The van der Waals surface area contributed by atoms with Crippen LogP contribution in [-0.2, 0) is 6.42 Å². The Morgan fingerprint density at radius 1 is 1.05 bits per heavy atom. The van der Waals surface area contributed by atoms with E-state index in [1.165, 1.54) is 0 Å². The summed E-state index contributed by atoms with van der Waals surface area (Å²) in [4.78, 5) is 0. The molecule has 0 aliphatic heterocycles. The summed E-state index contributed by atoms with van der Waals surface area (Å²) in [7, 11) is 0. The molecule has 114 valence electrons. The number of nitrogens with one attached hydrogen (secondary N) is 1. The van der Waals surface area contributed by atoms with Crippen molar-refractivity contribution in [3.63, 3.8) is 0 Å². The van der Waals surface area contributed by atoms with Gasteiger partial charge in [-0.25, -0.2) is 0 Å². The molecule has 0 radical (unpaired) electrons. The van der Waals surface area contributed by atoms with Crippen LogP contribution in [0.5, 0.6) is 0 Å². The van der Waals surface area contributed by atoms with Gasteiger partial charge in [-0.15, -0.1) is 0 Å². The molecule has 1 N–H and O–H groups in total. The first kappa shape index (κ1) is 15.8. The van der Waals surface area contributed by atoms with Crippen LogP contribution in [0.3, 0.4) is 0 Å². The maximum Gasteiger partial charge on any atom is 0.390 e. The average Bonchev–Trinajstić information content (AvgIpc) is 2.43. The Morgan fingerprint density at radius 3 is 2.48 bits per heavy atom. The first-order valence-electron chi connectivity index (χ1n) is 7.26. The van der Waals surface area contributed by atoms with Crippen molar-refractivity contribution in [3.8, 4) is 0 Å². The van der Waals surface area contributed by atoms with Gasteiger partial charge in [-0.1, -0.05) is 49.4 Å². The second-order valence-corrected chi connectivity index (χ2v) is 5.31. The zero-order valence-corrected chi connectivity index (χ0v) is 12.1. The molecule has 2 aromatic rings. The number of halogens is 3. The molecule has 21 heavy (non-hydrogen) atoms. The number of alkyl halides is 3. The van der Waals surface area contributed by atoms with Crippen molar-refractivity contribution >= 4 is 10.8 Å². The van der Waals surface area contributed by atoms with E-state index in [0.717, 1.165) is 22.8 Å². The quantitative estimate of drug-likeness (QED) is 0.814. The lowest BCUT2D eigenvalue weighted by molar-refractivity contribution is -0.139. The lowest BCUT2D eigenvalue weighted by atomic mass is 9.97. The maximum atomic E-state index is 12.7. The molecule has 0 bridgehead atoms. The van der Waals surface area contributed by atoms with E-state index in [2.05, 4.69) is 5.32 Å². The monoisotopic (exact) mass is 295 g/mol. The van der Waals surface area contributed by atoms with Crippen molar-refractivity contribution in [2.45, 2.75) is 38.4 Å². The van der Waals surface area contributed by atoms with Crippen molar-refractivity contribution in [3.05, 3.63) is 48.0 Å². The van der Waals surface area contributed by atoms with Crippen molar-refractivity contribution in [2.24, 2.45) is 0 Å². The Morgan fingerprint density at radius 2 is 1.76 bits per heavy atom. The fraction of sp³-hybridized carbons (Fsp3) is 0.412. The number of rotatable bonds is 6. The van der Waals surface area contributed by atoms with Crippen molar-refractivity contribution in [1.29, 1.82) is 0 Å². The van der Waals surface area contributed by atoms with Gasteiger partial charge in [0.05, 0.1) is 6.42 Å². The van der Waals surface area contributed by atoms with Crippen LogP contribution in [0.15, 0.2) is 42.5 Å². The number of benzene rings is 2. The van der Waals surface area contributed by atoms with Crippen molar-refractivity contribution in [2.75, 3.05) is 6.54 Å². The average molecular weight is 295 g/mol. The predicted molar refractivity (Wildman–Crippen MR) is 80.4 cm³/mol. The Labute approximate surface area is 123 Å². The van der Waals surface area contributed by atoms with Gasteiger partial charge in [-0.3, -0.25) is 0 Å². The van der Waals surface area contributed by atoms with E-state index in [4.69, 9.17) is 0 Å². The summed E-state index contributed by atoms with van der Waals surface area (Å²) in [5.41, 5.74) is 0.964. The summed E-state index contributed by atoms with van der Waals surface area (Å²) < 4.78 is 38.1. The van der Waals surface area contributed by atoms with Gasteiger partial charge in [0.1, 0.15) is 0 Å². The zero-order valence-electron chi connectivity index (χ0n) is 12.1. The summed E-state index contributed by atoms with van der Waals surface area (Å²) in [6.45, 7) is 2.56. The SMILES string of the molecule is CCCNC(Cc1cccc2ccccc12)CC(F)(F)F. The third kappa shape index (κ3) is 4.74. The second kappa shape index (κ2) is 6.94. The molecular formula is C17H20F3N. The normalized spacial score (nSPS) is 13.5. The minimum Gasteiger partial charge on any atom is -0.313 e. The molecule has 0 spiro atoms. The molecule has 2 aromatic carbocycles. The molecule has 4 heteroatoms. The largest absolute Gasteiger partial charge is 0.390 e. The highest BCUT2D eigenvalue weighted by atomic mass is 19.4. The first-order chi connectivity index (χ1) is 9.99. The Bertz CT molecular complexity index is 572. The summed E-state index contributed by atoms with van der Waals surface area (Å²) >= 11 is 0. The van der Waals surface area contributed by atoms with Crippen molar-refractivity contribution < 1.29 is 13.2 Å². The summed E-state index contributed by atoms with van der Waals surface area (Å²) in [6.07, 6.45) is -3.73. The molecule has 1 nitrogen and oxygen atoms in total. The molecule has 1 atom stereocenters. The third-order valence-corrected chi connectivity index (χ3v) is 3.51. The highest BCUT2D eigenvalue weighted by molar-refractivity contribution is 5.85. The molecule has 0 saturated carbocycles. The highest BCUT2D eigenvalue weighted by Crippen LogP contribution is 2.25. The van der Waals surface area contributed by atoms with Gasteiger partial charge < -0.3 is 5.32 Å². The number of fused-ring (bicyclic) bond motifs is 1. The van der Waals surface area contributed by atoms with Crippen LogP contribution in [-0.4, -0.2) is 18.8 Å². The maximum absolute atomic E-state index is 12.7. The highest BCUT2D eigenvalue weighted by Gasteiger charge is 2.31. The summed E-state index contributed by atoms with van der Waals surface area (Å²) in [5.74, 6) is 0. The number of hydrogen-bond donors (Lipinski definition) is 1. The molecule has 0 heterocycles. The van der Waals surface area contributed by atoms with Crippen LogP contribution in [0.25, 0.3) is 10.8 Å². The Kier molecular flexibility index (Phi) is 5.23. The molecule has 0 aromatic heterocycles. The van der Waals surface area contributed by atoms with Gasteiger partial charge in [0.15, 0.2) is 0 Å². The van der Waals surface area contributed by atoms with E-state index < -0.39 is 18.6 Å². The Hall–Kier alpha value is -1.55. The number of hydrogen-bond acceptors (Lipinski definition) is 1. The van der Waals surface area contributed by atoms with Crippen LogP contribution in [0.4, 0.5) is 13.2 Å². The fourth-order valence-electron chi connectivity index (χ4n) is 2.58. The zero-order chi connectivity index (χ0) is 15.3. The van der Waals surface area contributed by atoms with E-state index >= 15 is 0 Å². The van der Waals surface area contributed by atoms with E-state index in [1.807, 2.05) is 49.4 Å². The molecule has 0 amide bonds. The van der Waals surface area contributed by atoms with Gasteiger partial charge in [0.2, 0.25) is 0 Å². The molecular weight excluding hydrogens is 275 g/mol. The first-order valence-corrected chi connectivity index (χ1v) is 7.26. The second-order valence-electron chi connectivity index (χ2n) is 5.31. The summed E-state index contributed by atoms with van der Waals surface area (Å²) in [5, 5.41) is 5.12. The van der Waals surface area contributed by atoms with Crippen LogP contribution < -0.4 is 5.32 Å². The van der Waals surface area contributed by atoms with Crippen LogP contribution in [0.2, 0.25) is 0 Å². The smallest absolute Gasteiger partial charge is 0.313 e. The minimum atomic E-state index is -4.14. The molecule has 2 rings (SSSR count). The van der Waals surface area contributed by atoms with E-state index in [9.17, 15) is 13.2 Å². The lowest BCUT2D eigenvalue weighted by Crippen LogP contribution is -2.36. The van der Waals surface area contributed by atoms with Gasteiger partial charge in [-0.05, 0) is 35.7 Å². The molecule has 0 aliphatic carbocycles. The van der Waals surface area contributed by atoms with Gasteiger partial charge in [-0.2, -0.15) is 13.2 Å². The van der Waals surface area contributed by atoms with Crippen LogP contribution in [0.1, 0.15) is 25.3 Å². The van der Waals surface area contributed by atoms with Crippen molar-refractivity contribution in [1.82, 2.24) is 5.32 Å². The van der Waals surface area contributed by atoms with Gasteiger partial charge in [0, 0.05) is 6.04 Å². The lowest BCUT2D eigenvalue weighted by Gasteiger charge is -2.21. The Balaban J connectivity index is 2.21. The third-order valence-electron chi connectivity index (χ3n) is 3.51. The molecule has 0 fully saturated rings.